The molecular weight excluding hydrogens is 288 g/mol. The molecule has 2 fully saturated rings. The molecule has 0 aromatic carbocycles. The first-order valence-electron chi connectivity index (χ1n) is 8.59. The molecule has 23 heavy (non-hydrogen) atoms. The van der Waals surface area contributed by atoms with Gasteiger partial charge in [-0.15, -0.1) is 0 Å². The van der Waals surface area contributed by atoms with Crippen LogP contribution in [0.15, 0.2) is 18.2 Å². The molecule has 2 amide bonds. The first-order chi connectivity index (χ1) is 11.0. The zero-order chi connectivity index (χ0) is 16.4. The molecule has 2 aliphatic heterocycles. The van der Waals surface area contributed by atoms with Crippen LogP contribution in [0.4, 0.5) is 4.79 Å². The number of hydrogen-bond acceptors (Lipinski definition) is 3. The van der Waals surface area contributed by atoms with E-state index in [0.717, 1.165) is 50.5 Å². The molecule has 0 aliphatic carbocycles. The van der Waals surface area contributed by atoms with E-state index >= 15 is 0 Å². The molecule has 0 N–H and O–H groups in total. The average Bonchev–Trinajstić information content (AvgIpc) is 2.88. The molecule has 0 bridgehead atoms. The normalized spacial score (nSPS) is 25.1. The number of urea groups is 1. The zero-order valence-electron chi connectivity index (χ0n) is 14.6. The summed E-state index contributed by atoms with van der Waals surface area (Å²) in [6, 6.07) is 6.39. The van der Waals surface area contributed by atoms with Crippen molar-refractivity contribution in [2.75, 3.05) is 40.3 Å². The van der Waals surface area contributed by atoms with Crippen LogP contribution in [0.3, 0.4) is 0 Å². The van der Waals surface area contributed by atoms with Crippen molar-refractivity contribution in [2.45, 2.75) is 32.7 Å². The number of piperidine rings is 1. The first kappa shape index (κ1) is 16.2. The van der Waals surface area contributed by atoms with Crippen molar-refractivity contribution in [1.82, 2.24) is 19.7 Å². The third-order valence-electron chi connectivity index (χ3n) is 5.16. The van der Waals surface area contributed by atoms with Gasteiger partial charge in [-0.05, 0) is 44.9 Å². The number of carbonyl (C=O) groups is 1. The second-order valence-corrected chi connectivity index (χ2v) is 7.43. The molecule has 2 saturated heterocycles. The van der Waals surface area contributed by atoms with Crippen molar-refractivity contribution < 1.29 is 4.79 Å². The highest BCUT2D eigenvalue weighted by atomic mass is 16.2. The van der Waals surface area contributed by atoms with Gasteiger partial charge in [-0.3, -0.25) is 9.88 Å². The predicted molar refractivity (Wildman–Crippen MR) is 91.2 cm³/mol. The Hall–Kier alpha value is -1.62. The number of pyridine rings is 1. The number of aryl methyl sites for hydroxylation is 1. The van der Waals surface area contributed by atoms with Gasteiger partial charge in [-0.1, -0.05) is 6.07 Å². The number of aromatic nitrogens is 1. The molecule has 2 aliphatic rings. The summed E-state index contributed by atoms with van der Waals surface area (Å²) in [5.74, 6) is 0. The molecule has 0 radical (unpaired) electrons. The van der Waals surface area contributed by atoms with Gasteiger partial charge in [0, 0.05) is 51.4 Å². The highest BCUT2D eigenvalue weighted by Gasteiger charge is 2.42. The Bertz CT molecular complexity index is 574. The fraction of sp³-hybridized carbons (Fsp3) is 0.667. The highest BCUT2D eigenvalue weighted by molar-refractivity contribution is 5.74. The van der Waals surface area contributed by atoms with Crippen LogP contribution in [0, 0.1) is 12.3 Å². The molecule has 3 heterocycles. The summed E-state index contributed by atoms with van der Waals surface area (Å²) in [5.41, 5.74) is 2.52. The average molecular weight is 316 g/mol. The molecular formula is C18H28N4O. The van der Waals surface area contributed by atoms with Crippen molar-refractivity contribution in [3.63, 3.8) is 0 Å². The SMILES string of the molecule is Cc1cccc(CN2CCC3(CCCN(C(=O)N(C)C)C3)C2)n1. The number of nitrogens with zero attached hydrogens (tertiary/aromatic N) is 4. The van der Waals surface area contributed by atoms with E-state index in [1.165, 1.54) is 12.8 Å². The third kappa shape index (κ3) is 3.66. The van der Waals surface area contributed by atoms with Crippen molar-refractivity contribution >= 4 is 6.03 Å². The molecule has 1 atom stereocenters. The number of hydrogen-bond donors (Lipinski definition) is 0. The van der Waals surface area contributed by atoms with Gasteiger partial charge in [0.2, 0.25) is 0 Å². The van der Waals surface area contributed by atoms with E-state index in [4.69, 9.17) is 0 Å². The zero-order valence-corrected chi connectivity index (χ0v) is 14.6. The molecule has 5 heteroatoms. The smallest absolute Gasteiger partial charge is 0.319 e. The third-order valence-corrected chi connectivity index (χ3v) is 5.16. The van der Waals surface area contributed by atoms with Crippen LogP contribution in [0.5, 0.6) is 0 Å². The van der Waals surface area contributed by atoms with E-state index in [1.807, 2.05) is 32.0 Å². The fourth-order valence-corrected chi connectivity index (χ4v) is 4.07. The van der Waals surface area contributed by atoms with Crippen LogP contribution >= 0.6 is 0 Å². The Morgan fingerprint density at radius 1 is 1.26 bits per heavy atom. The van der Waals surface area contributed by atoms with Crippen molar-refractivity contribution in [2.24, 2.45) is 5.41 Å². The Balaban J connectivity index is 1.62. The molecule has 126 valence electrons. The van der Waals surface area contributed by atoms with E-state index in [2.05, 4.69) is 22.0 Å². The Kier molecular flexibility index (Phi) is 4.57. The van der Waals surface area contributed by atoms with Gasteiger partial charge in [0.05, 0.1) is 5.69 Å². The Morgan fingerprint density at radius 3 is 2.83 bits per heavy atom. The Labute approximate surface area is 139 Å². The summed E-state index contributed by atoms with van der Waals surface area (Å²) in [7, 11) is 3.68. The molecule has 1 spiro atoms. The van der Waals surface area contributed by atoms with Gasteiger partial charge in [-0.2, -0.15) is 0 Å². The van der Waals surface area contributed by atoms with Crippen molar-refractivity contribution in [1.29, 1.82) is 0 Å². The van der Waals surface area contributed by atoms with E-state index in [1.54, 1.807) is 4.90 Å². The van der Waals surface area contributed by atoms with Gasteiger partial charge in [0.15, 0.2) is 0 Å². The number of likely N-dealkylation sites (tertiary alicyclic amines) is 2. The first-order valence-corrected chi connectivity index (χ1v) is 8.59. The van der Waals surface area contributed by atoms with Crippen molar-refractivity contribution in [3.05, 3.63) is 29.6 Å². The van der Waals surface area contributed by atoms with Crippen LogP contribution in [-0.2, 0) is 6.54 Å². The minimum Gasteiger partial charge on any atom is -0.331 e. The molecule has 1 aromatic heterocycles. The summed E-state index contributed by atoms with van der Waals surface area (Å²) in [5, 5.41) is 0. The van der Waals surface area contributed by atoms with Gasteiger partial charge >= 0.3 is 6.03 Å². The predicted octanol–water partition coefficient (Wildman–Crippen LogP) is 2.36. The summed E-state index contributed by atoms with van der Waals surface area (Å²) in [4.78, 5) is 23.1. The maximum atomic E-state index is 12.3. The topological polar surface area (TPSA) is 39.7 Å². The van der Waals surface area contributed by atoms with E-state index in [9.17, 15) is 4.79 Å². The number of amides is 2. The quantitative estimate of drug-likeness (QED) is 0.841. The van der Waals surface area contributed by atoms with Crippen molar-refractivity contribution in [3.8, 4) is 0 Å². The maximum Gasteiger partial charge on any atom is 0.319 e. The summed E-state index contributed by atoms with van der Waals surface area (Å²) >= 11 is 0. The molecule has 1 unspecified atom stereocenters. The fourth-order valence-electron chi connectivity index (χ4n) is 4.07. The summed E-state index contributed by atoms with van der Waals surface area (Å²) in [6.45, 7) is 6.96. The van der Waals surface area contributed by atoms with Gasteiger partial charge in [0.25, 0.3) is 0 Å². The Morgan fingerprint density at radius 2 is 2.09 bits per heavy atom. The maximum absolute atomic E-state index is 12.3. The second-order valence-electron chi connectivity index (χ2n) is 7.43. The minimum atomic E-state index is 0.155. The molecule has 0 saturated carbocycles. The van der Waals surface area contributed by atoms with Crippen LogP contribution in [0.25, 0.3) is 0 Å². The van der Waals surface area contributed by atoms with Crippen LogP contribution in [0.2, 0.25) is 0 Å². The lowest BCUT2D eigenvalue weighted by Gasteiger charge is -2.41. The standard InChI is InChI=1S/C18H28N4O/c1-15-6-4-7-16(19-15)12-21-11-9-18(13-21)8-5-10-22(14-18)17(23)20(2)3/h4,6-7H,5,8-14H2,1-3H3. The monoisotopic (exact) mass is 316 g/mol. The lowest BCUT2D eigenvalue weighted by molar-refractivity contribution is 0.0944. The number of carbonyl (C=O) groups excluding carboxylic acids is 1. The largest absolute Gasteiger partial charge is 0.331 e. The number of rotatable bonds is 2. The summed E-state index contributed by atoms with van der Waals surface area (Å²) in [6.07, 6.45) is 3.55. The lowest BCUT2D eigenvalue weighted by Crippen LogP contribution is -2.50. The van der Waals surface area contributed by atoms with E-state index in [-0.39, 0.29) is 11.4 Å². The van der Waals surface area contributed by atoms with E-state index < -0.39 is 0 Å². The van der Waals surface area contributed by atoms with E-state index in [0.29, 0.717) is 0 Å². The van der Waals surface area contributed by atoms with Gasteiger partial charge < -0.3 is 9.80 Å². The highest BCUT2D eigenvalue weighted by Crippen LogP contribution is 2.39. The molecule has 1 aromatic rings. The van der Waals surface area contributed by atoms with Crippen LogP contribution < -0.4 is 0 Å². The van der Waals surface area contributed by atoms with Gasteiger partial charge in [0.1, 0.15) is 0 Å². The van der Waals surface area contributed by atoms with Crippen LogP contribution in [0.1, 0.15) is 30.7 Å². The molecule has 3 rings (SSSR count). The van der Waals surface area contributed by atoms with Crippen LogP contribution in [-0.4, -0.2) is 66.0 Å². The van der Waals surface area contributed by atoms with Gasteiger partial charge in [-0.25, -0.2) is 4.79 Å². The molecule has 5 nitrogen and oxygen atoms in total. The lowest BCUT2D eigenvalue weighted by atomic mass is 9.79. The second kappa shape index (κ2) is 6.48. The minimum absolute atomic E-state index is 0.155. The summed E-state index contributed by atoms with van der Waals surface area (Å²) < 4.78 is 0.